The number of rotatable bonds is 4. The highest BCUT2D eigenvalue weighted by Crippen LogP contribution is 2.14. The van der Waals surface area contributed by atoms with Gasteiger partial charge in [0.05, 0.1) is 10.9 Å². The van der Waals surface area contributed by atoms with Crippen LogP contribution in [0.3, 0.4) is 0 Å². The van der Waals surface area contributed by atoms with E-state index in [2.05, 4.69) is 4.36 Å². The Balaban J connectivity index is 2.89. The van der Waals surface area contributed by atoms with Crippen molar-refractivity contribution in [2.24, 2.45) is 21.2 Å². The summed E-state index contributed by atoms with van der Waals surface area (Å²) in [6.07, 6.45) is 0.501. The van der Waals surface area contributed by atoms with Crippen LogP contribution in [0.5, 0.6) is 0 Å². The minimum atomic E-state index is -3.14. The zero-order chi connectivity index (χ0) is 13.1. The second-order valence-corrected chi connectivity index (χ2v) is 6.76. The number of nitrogens with two attached hydrogens (primary N) is 2. The van der Waals surface area contributed by atoms with Crippen LogP contribution in [-0.4, -0.2) is 16.2 Å². The van der Waals surface area contributed by atoms with E-state index in [-0.39, 0.29) is 5.92 Å². The molecule has 1 aromatic rings. The lowest BCUT2D eigenvalue weighted by Gasteiger charge is -2.10. The van der Waals surface area contributed by atoms with Gasteiger partial charge in [-0.2, -0.15) is 11.3 Å². The molecule has 1 rings (SSSR count). The molecule has 5 nitrogen and oxygen atoms in total. The van der Waals surface area contributed by atoms with E-state index in [1.807, 2.05) is 13.8 Å². The van der Waals surface area contributed by atoms with E-state index in [4.69, 9.17) is 10.9 Å². The van der Waals surface area contributed by atoms with Gasteiger partial charge in [0, 0.05) is 5.38 Å². The Hall–Kier alpha value is -0.760. The molecule has 0 radical (unpaired) electrons. The third-order valence-electron chi connectivity index (χ3n) is 2.10. The number of carbonyl (C=O) groups is 1. The van der Waals surface area contributed by atoms with Crippen molar-refractivity contribution in [3.8, 4) is 0 Å². The summed E-state index contributed by atoms with van der Waals surface area (Å²) in [5.74, 6) is -0.323. The van der Waals surface area contributed by atoms with E-state index in [9.17, 15) is 9.00 Å². The van der Waals surface area contributed by atoms with Gasteiger partial charge in [0.15, 0.2) is 0 Å². The van der Waals surface area contributed by atoms with Gasteiger partial charge in [0.25, 0.3) is 5.91 Å². The lowest BCUT2D eigenvalue weighted by Crippen LogP contribution is -2.32. The van der Waals surface area contributed by atoms with Crippen molar-refractivity contribution in [1.82, 2.24) is 0 Å². The zero-order valence-electron chi connectivity index (χ0n) is 9.83. The molecule has 1 aromatic heterocycles. The smallest absolute Gasteiger partial charge is 0.271 e. The van der Waals surface area contributed by atoms with Gasteiger partial charge in [-0.1, -0.05) is 13.8 Å². The minimum absolute atomic E-state index is 0.277. The number of thiophene rings is 1. The summed E-state index contributed by atoms with van der Waals surface area (Å²) in [4.78, 5) is 12.0. The Morgan fingerprint density at radius 3 is 2.71 bits per heavy atom. The molecule has 4 N–H and O–H groups in total. The van der Waals surface area contributed by atoms with Gasteiger partial charge in [-0.05, 0) is 23.8 Å². The van der Waals surface area contributed by atoms with Gasteiger partial charge in [0.2, 0.25) is 0 Å². The molecule has 17 heavy (non-hydrogen) atoms. The molecule has 96 valence electrons. The Bertz CT molecular complexity index is 488. The van der Waals surface area contributed by atoms with Crippen LogP contribution in [0.4, 0.5) is 0 Å². The molecule has 0 aromatic carbocycles. The fraction of sp³-hybridized carbons (Fsp3) is 0.500. The van der Waals surface area contributed by atoms with Crippen LogP contribution in [0.1, 0.15) is 20.3 Å². The molecule has 1 heterocycles. The first-order valence-corrected chi connectivity index (χ1v) is 7.71. The molecule has 0 fully saturated rings. The van der Waals surface area contributed by atoms with E-state index < -0.39 is 21.9 Å². The first kappa shape index (κ1) is 14.3. The van der Waals surface area contributed by atoms with Crippen molar-refractivity contribution >= 4 is 27.2 Å². The van der Waals surface area contributed by atoms with Crippen LogP contribution in [0, 0.1) is 5.92 Å². The van der Waals surface area contributed by atoms with Crippen molar-refractivity contribution in [2.45, 2.75) is 31.2 Å². The van der Waals surface area contributed by atoms with Crippen LogP contribution in [-0.2, 0) is 14.7 Å². The third-order valence-corrected chi connectivity index (χ3v) is 4.31. The largest absolute Gasteiger partial charge is 0.320 e. The molecule has 0 spiro atoms. The summed E-state index contributed by atoms with van der Waals surface area (Å²) in [6.45, 7) is 3.90. The maximum Gasteiger partial charge on any atom is 0.271 e. The minimum Gasteiger partial charge on any atom is -0.320 e. The summed E-state index contributed by atoms with van der Waals surface area (Å²) < 4.78 is 15.5. The van der Waals surface area contributed by atoms with Gasteiger partial charge >= 0.3 is 0 Å². The van der Waals surface area contributed by atoms with Crippen LogP contribution in [0.2, 0.25) is 0 Å². The molecule has 0 aliphatic heterocycles. The highest BCUT2D eigenvalue weighted by molar-refractivity contribution is 7.91. The summed E-state index contributed by atoms with van der Waals surface area (Å²) >= 11 is 1.35. The van der Waals surface area contributed by atoms with E-state index >= 15 is 0 Å². The number of amides is 1. The lowest BCUT2D eigenvalue weighted by atomic mass is 10.0. The monoisotopic (exact) mass is 275 g/mol. The summed E-state index contributed by atoms with van der Waals surface area (Å²) in [5.41, 5.74) is 5.66. The van der Waals surface area contributed by atoms with E-state index in [0.29, 0.717) is 11.3 Å². The molecule has 0 saturated heterocycles. The number of hydrogen-bond acceptors (Lipinski definition) is 4. The van der Waals surface area contributed by atoms with E-state index in [0.717, 1.165) is 0 Å². The molecule has 1 unspecified atom stereocenters. The Morgan fingerprint density at radius 2 is 2.24 bits per heavy atom. The van der Waals surface area contributed by atoms with Crippen LogP contribution in [0.25, 0.3) is 0 Å². The summed E-state index contributed by atoms with van der Waals surface area (Å²) in [7, 11) is -3.14. The number of nitrogens with zero attached hydrogens (tertiary/aromatic N) is 1. The summed E-state index contributed by atoms with van der Waals surface area (Å²) in [5, 5.41) is 8.89. The Morgan fingerprint density at radius 1 is 1.59 bits per heavy atom. The molecule has 0 aliphatic rings. The first-order chi connectivity index (χ1) is 7.83. The normalized spacial score (nSPS) is 16.5. The van der Waals surface area contributed by atoms with Gasteiger partial charge in [0.1, 0.15) is 9.92 Å². The second kappa shape index (κ2) is 5.72. The van der Waals surface area contributed by atoms with E-state index in [1.165, 1.54) is 11.3 Å². The molecule has 0 aliphatic carbocycles. The average Bonchev–Trinajstić information content (AvgIpc) is 2.68. The number of carbonyl (C=O) groups excluding carboxylic acids is 1. The van der Waals surface area contributed by atoms with Crippen molar-refractivity contribution in [1.29, 1.82) is 0 Å². The fourth-order valence-corrected chi connectivity index (χ4v) is 3.37. The Labute approximate surface area is 106 Å². The average molecular weight is 275 g/mol. The van der Waals surface area contributed by atoms with Crippen molar-refractivity contribution in [2.75, 3.05) is 0 Å². The Kier molecular flexibility index (Phi) is 4.81. The van der Waals surface area contributed by atoms with Crippen LogP contribution < -0.4 is 10.9 Å². The maximum atomic E-state index is 12.0. The van der Waals surface area contributed by atoms with Gasteiger partial charge in [-0.25, -0.2) is 9.35 Å². The maximum absolute atomic E-state index is 12.0. The SMILES string of the molecule is CC(C)C[C@H](N)C(=O)N=S(N)(=O)c1ccsc1. The quantitative estimate of drug-likeness (QED) is 0.867. The fourth-order valence-electron chi connectivity index (χ4n) is 1.28. The highest BCUT2D eigenvalue weighted by atomic mass is 32.2. The van der Waals surface area contributed by atoms with E-state index in [1.54, 1.807) is 16.8 Å². The standard InChI is InChI=1S/C10H17N3O2S2/c1-7(2)5-9(11)10(14)13-17(12,15)8-3-4-16-6-8/h3-4,6-7,9H,5,11H2,1-2H3,(H2,12,13,14,15)/t9-,17?/m0/s1. The lowest BCUT2D eigenvalue weighted by molar-refractivity contribution is -0.119. The number of hydrogen-bond donors (Lipinski definition) is 2. The van der Waals surface area contributed by atoms with Gasteiger partial charge in [-0.15, -0.1) is 4.36 Å². The molecule has 1 amide bonds. The topological polar surface area (TPSA) is 98.5 Å². The molecule has 0 saturated carbocycles. The molecule has 7 heteroatoms. The molecular weight excluding hydrogens is 258 g/mol. The summed E-state index contributed by atoms with van der Waals surface area (Å²) in [6, 6.07) is 0.857. The molecular formula is C10H17N3O2S2. The predicted molar refractivity (Wildman–Crippen MR) is 69.8 cm³/mol. The third kappa shape index (κ3) is 4.19. The highest BCUT2D eigenvalue weighted by Gasteiger charge is 2.17. The second-order valence-electron chi connectivity index (χ2n) is 4.19. The van der Waals surface area contributed by atoms with Crippen molar-refractivity contribution < 1.29 is 9.00 Å². The predicted octanol–water partition coefficient (Wildman–Crippen LogP) is 1.35. The van der Waals surface area contributed by atoms with Crippen LogP contribution >= 0.6 is 11.3 Å². The van der Waals surface area contributed by atoms with Crippen molar-refractivity contribution in [3.05, 3.63) is 16.8 Å². The zero-order valence-corrected chi connectivity index (χ0v) is 11.5. The van der Waals surface area contributed by atoms with Gasteiger partial charge in [-0.3, -0.25) is 4.79 Å². The molecule has 2 atom stereocenters. The first-order valence-electron chi connectivity index (χ1n) is 5.19. The molecule has 0 bridgehead atoms. The van der Waals surface area contributed by atoms with Crippen LogP contribution in [0.15, 0.2) is 26.1 Å². The van der Waals surface area contributed by atoms with Crippen molar-refractivity contribution in [3.63, 3.8) is 0 Å². The van der Waals surface area contributed by atoms with Gasteiger partial charge < -0.3 is 5.73 Å².